The quantitative estimate of drug-likeness (QED) is 0.766. The average Bonchev–Trinajstić information content (AvgIpc) is 3.05. The fourth-order valence-electron chi connectivity index (χ4n) is 3.47. The van der Waals surface area contributed by atoms with Crippen molar-refractivity contribution in [1.29, 1.82) is 0 Å². The molecule has 3 aliphatic rings. The number of hydrogen-bond acceptors (Lipinski definition) is 2. The molecule has 1 aliphatic heterocycles. The molecule has 0 aromatic rings. The molecule has 16 heavy (non-hydrogen) atoms. The van der Waals surface area contributed by atoms with E-state index in [0.29, 0.717) is 5.54 Å². The van der Waals surface area contributed by atoms with Gasteiger partial charge in [0.15, 0.2) is 0 Å². The zero-order valence-electron chi connectivity index (χ0n) is 10.6. The maximum absolute atomic E-state index is 3.89. The largest absolute Gasteiger partial charge is 0.310 e. The molecule has 3 unspecified atom stereocenters. The van der Waals surface area contributed by atoms with Crippen LogP contribution in [0.3, 0.4) is 0 Å². The first-order valence-electron chi connectivity index (χ1n) is 7.26. The molecule has 0 spiro atoms. The molecule has 0 amide bonds. The van der Waals surface area contributed by atoms with Crippen LogP contribution in [0.5, 0.6) is 0 Å². The summed E-state index contributed by atoms with van der Waals surface area (Å²) >= 11 is 0. The van der Waals surface area contributed by atoms with Gasteiger partial charge in [-0.05, 0) is 51.4 Å². The third-order valence-electron chi connectivity index (χ3n) is 5.02. The highest BCUT2D eigenvalue weighted by atomic mass is 15.1. The summed E-state index contributed by atoms with van der Waals surface area (Å²) in [7, 11) is 0. The lowest BCUT2D eigenvalue weighted by molar-refractivity contribution is 0.172. The van der Waals surface area contributed by atoms with Gasteiger partial charge in [-0.15, -0.1) is 0 Å². The van der Waals surface area contributed by atoms with Crippen molar-refractivity contribution in [2.75, 3.05) is 6.54 Å². The summed E-state index contributed by atoms with van der Waals surface area (Å²) in [5.41, 5.74) is 0.505. The zero-order valence-corrected chi connectivity index (χ0v) is 10.6. The van der Waals surface area contributed by atoms with E-state index in [2.05, 4.69) is 17.6 Å². The van der Waals surface area contributed by atoms with Gasteiger partial charge in [-0.1, -0.05) is 12.8 Å². The molecule has 2 saturated carbocycles. The van der Waals surface area contributed by atoms with E-state index in [1.807, 2.05) is 0 Å². The van der Waals surface area contributed by atoms with Gasteiger partial charge in [-0.25, -0.2) is 0 Å². The second-order valence-corrected chi connectivity index (χ2v) is 6.53. The Balaban J connectivity index is 1.46. The van der Waals surface area contributed by atoms with Crippen LogP contribution in [0.4, 0.5) is 0 Å². The molecular weight excluding hydrogens is 196 g/mol. The number of piperidine rings is 1. The Hall–Kier alpha value is -0.0800. The topological polar surface area (TPSA) is 24.1 Å². The first-order valence-corrected chi connectivity index (χ1v) is 7.26. The molecule has 3 fully saturated rings. The number of hydrogen-bond donors (Lipinski definition) is 2. The molecule has 2 nitrogen and oxygen atoms in total. The van der Waals surface area contributed by atoms with Crippen LogP contribution in [-0.2, 0) is 0 Å². The van der Waals surface area contributed by atoms with E-state index >= 15 is 0 Å². The van der Waals surface area contributed by atoms with Gasteiger partial charge in [0.1, 0.15) is 0 Å². The van der Waals surface area contributed by atoms with Gasteiger partial charge >= 0.3 is 0 Å². The van der Waals surface area contributed by atoms with Gasteiger partial charge in [0.05, 0.1) is 0 Å². The van der Waals surface area contributed by atoms with Gasteiger partial charge in [0.25, 0.3) is 0 Å². The van der Waals surface area contributed by atoms with Crippen LogP contribution in [0, 0.1) is 5.92 Å². The molecule has 92 valence electrons. The number of rotatable bonds is 3. The van der Waals surface area contributed by atoms with Gasteiger partial charge in [0, 0.05) is 24.2 Å². The van der Waals surface area contributed by atoms with Crippen LogP contribution < -0.4 is 10.6 Å². The Morgan fingerprint density at radius 1 is 1.12 bits per heavy atom. The van der Waals surface area contributed by atoms with E-state index in [4.69, 9.17) is 0 Å². The van der Waals surface area contributed by atoms with Gasteiger partial charge in [-0.2, -0.15) is 0 Å². The monoisotopic (exact) mass is 222 g/mol. The minimum atomic E-state index is 0.505. The SMILES string of the molecule is CC1(NCC2CCC3CCCCC3N2)CC1. The predicted octanol–water partition coefficient (Wildman–Crippen LogP) is 2.44. The second kappa shape index (κ2) is 4.30. The molecular formula is C14H26N2. The first kappa shape index (κ1) is 11.0. The Bertz CT molecular complexity index is 247. The molecule has 3 atom stereocenters. The van der Waals surface area contributed by atoms with Crippen LogP contribution in [0.25, 0.3) is 0 Å². The maximum Gasteiger partial charge on any atom is 0.0195 e. The van der Waals surface area contributed by atoms with E-state index in [-0.39, 0.29) is 0 Å². The van der Waals surface area contributed by atoms with Crippen LogP contribution in [0.1, 0.15) is 58.3 Å². The second-order valence-electron chi connectivity index (χ2n) is 6.53. The minimum Gasteiger partial charge on any atom is -0.310 e. The predicted molar refractivity (Wildman–Crippen MR) is 67.5 cm³/mol. The fraction of sp³-hybridized carbons (Fsp3) is 1.00. The summed E-state index contributed by atoms with van der Waals surface area (Å²) in [5.74, 6) is 1.00. The molecule has 2 aliphatic carbocycles. The van der Waals surface area contributed by atoms with Gasteiger partial charge in [0.2, 0.25) is 0 Å². The van der Waals surface area contributed by atoms with Crippen LogP contribution in [0.2, 0.25) is 0 Å². The highest BCUT2D eigenvalue weighted by molar-refractivity contribution is 4.99. The van der Waals surface area contributed by atoms with Crippen molar-refractivity contribution in [1.82, 2.24) is 10.6 Å². The third kappa shape index (κ3) is 2.43. The van der Waals surface area contributed by atoms with Crippen LogP contribution >= 0.6 is 0 Å². The summed E-state index contributed by atoms with van der Waals surface area (Å²) in [5, 5.41) is 7.63. The van der Waals surface area contributed by atoms with Gasteiger partial charge < -0.3 is 10.6 Å². The Labute approximate surface area is 99.6 Å². The highest BCUT2D eigenvalue weighted by Crippen LogP contribution is 2.35. The standard InChI is InChI=1S/C14H26N2/c1-14(8-9-14)15-10-12-7-6-11-4-2-3-5-13(11)16-12/h11-13,15-16H,2-10H2,1H3. The molecule has 0 bridgehead atoms. The van der Waals surface area contributed by atoms with Crippen molar-refractivity contribution in [2.24, 2.45) is 5.92 Å². The first-order chi connectivity index (χ1) is 7.75. The molecule has 0 aromatic carbocycles. The summed E-state index contributed by atoms with van der Waals surface area (Å²) in [6, 6.07) is 1.60. The molecule has 2 N–H and O–H groups in total. The number of nitrogens with one attached hydrogen (secondary N) is 2. The summed E-state index contributed by atoms with van der Waals surface area (Å²) in [6.45, 7) is 3.55. The van der Waals surface area contributed by atoms with Crippen LogP contribution in [0.15, 0.2) is 0 Å². The summed E-state index contributed by atoms with van der Waals surface area (Å²) in [6.07, 6.45) is 11.5. The van der Waals surface area contributed by atoms with Crippen molar-refractivity contribution in [3.05, 3.63) is 0 Å². The van der Waals surface area contributed by atoms with E-state index in [1.165, 1.54) is 57.9 Å². The van der Waals surface area contributed by atoms with E-state index in [9.17, 15) is 0 Å². The smallest absolute Gasteiger partial charge is 0.0195 e. The Morgan fingerprint density at radius 3 is 2.75 bits per heavy atom. The lowest BCUT2D eigenvalue weighted by Gasteiger charge is -2.41. The third-order valence-corrected chi connectivity index (χ3v) is 5.02. The van der Waals surface area contributed by atoms with Crippen molar-refractivity contribution in [3.63, 3.8) is 0 Å². The van der Waals surface area contributed by atoms with E-state index in [1.54, 1.807) is 0 Å². The van der Waals surface area contributed by atoms with Gasteiger partial charge in [-0.3, -0.25) is 0 Å². The molecule has 1 heterocycles. The van der Waals surface area contributed by atoms with Crippen molar-refractivity contribution >= 4 is 0 Å². The molecule has 1 saturated heterocycles. The summed E-state index contributed by atoms with van der Waals surface area (Å²) in [4.78, 5) is 0. The fourth-order valence-corrected chi connectivity index (χ4v) is 3.47. The normalized spacial score (nSPS) is 41.4. The maximum atomic E-state index is 3.89. The average molecular weight is 222 g/mol. The van der Waals surface area contributed by atoms with Crippen molar-refractivity contribution in [3.8, 4) is 0 Å². The molecule has 3 rings (SSSR count). The molecule has 0 radical (unpaired) electrons. The van der Waals surface area contributed by atoms with Crippen LogP contribution in [-0.4, -0.2) is 24.2 Å². The lowest BCUT2D eigenvalue weighted by atomic mass is 9.78. The zero-order chi connectivity index (χ0) is 11.0. The van der Waals surface area contributed by atoms with E-state index < -0.39 is 0 Å². The Kier molecular flexibility index (Phi) is 2.97. The highest BCUT2D eigenvalue weighted by Gasteiger charge is 2.38. The number of fused-ring (bicyclic) bond motifs is 1. The van der Waals surface area contributed by atoms with Crippen molar-refractivity contribution in [2.45, 2.75) is 75.9 Å². The molecule has 0 aromatic heterocycles. The Morgan fingerprint density at radius 2 is 1.94 bits per heavy atom. The van der Waals surface area contributed by atoms with E-state index in [0.717, 1.165) is 18.0 Å². The molecule has 2 heteroatoms. The lowest BCUT2D eigenvalue weighted by Crippen LogP contribution is -2.53. The summed E-state index contributed by atoms with van der Waals surface area (Å²) < 4.78 is 0. The minimum absolute atomic E-state index is 0.505. The van der Waals surface area contributed by atoms with Crippen molar-refractivity contribution < 1.29 is 0 Å².